The monoisotopic (exact) mass is 398 g/mol. The van der Waals surface area contributed by atoms with Gasteiger partial charge in [0.25, 0.3) is 0 Å². The highest BCUT2D eigenvalue weighted by molar-refractivity contribution is 8.00. The Labute approximate surface area is 167 Å². The van der Waals surface area contributed by atoms with Gasteiger partial charge in [0.05, 0.1) is 10.1 Å². The van der Waals surface area contributed by atoms with Crippen molar-refractivity contribution in [3.8, 4) is 10.7 Å². The summed E-state index contributed by atoms with van der Waals surface area (Å²) >= 11 is 3.15. The van der Waals surface area contributed by atoms with E-state index in [1.54, 1.807) is 11.3 Å². The molecule has 2 aromatic heterocycles. The van der Waals surface area contributed by atoms with Crippen molar-refractivity contribution in [1.82, 2.24) is 20.1 Å². The second-order valence-corrected chi connectivity index (χ2v) is 9.10. The fourth-order valence-electron chi connectivity index (χ4n) is 2.84. The predicted molar refractivity (Wildman–Crippen MR) is 110 cm³/mol. The van der Waals surface area contributed by atoms with Gasteiger partial charge in [0, 0.05) is 12.6 Å². The van der Waals surface area contributed by atoms with Crippen molar-refractivity contribution < 1.29 is 4.79 Å². The maximum Gasteiger partial charge on any atom is 0.233 e. The Hall–Kier alpha value is -2.12. The quantitative estimate of drug-likeness (QED) is 0.598. The zero-order valence-corrected chi connectivity index (χ0v) is 17.0. The largest absolute Gasteiger partial charge is 0.351 e. The molecule has 2 heterocycles. The van der Waals surface area contributed by atoms with Crippen molar-refractivity contribution in [3.05, 3.63) is 52.9 Å². The van der Waals surface area contributed by atoms with Crippen molar-refractivity contribution in [3.63, 3.8) is 0 Å². The van der Waals surface area contributed by atoms with Crippen LogP contribution in [0, 0.1) is 6.92 Å². The molecule has 1 aromatic carbocycles. The van der Waals surface area contributed by atoms with E-state index in [1.807, 2.05) is 25.1 Å². The average Bonchev–Trinajstić information content (AvgIpc) is 3.19. The first-order valence-corrected chi connectivity index (χ1v) is 10.9. The summed E-state index contributed by atoms with van der Waals surface area (Å²) in [7, 11) is 0. The van der Waals surface area contributed by atoms with E-state index in [-0.39, 0.29) is 11.2 Å². The van der Waals surface area contributed by atoms with Crippen LogP contribution in [0.1, 0.15) is 36.9 Å². The summed E-state index contributed by atoms with van der Waals surface area (Å²) < 4.78 is 2.21. The second kappa shape index (κ2) is 7.86. The molecule has 1 N–H and O–H groups in total. The summed E-state index contributed by atoms with van der Waals surface area (Å²) in [6.07, 6.45) is 2.30. The summed E-state index contributed by atoms with van der Waals surface area (Å²) in [5.74, 6) is 0.936. The molecule has 7 heteroatoms. The summed E-state index contributed by atoms with van der Waals surface area (Å²) in [5.41, 5.74) is 2.32. The number of amides is 1. The lowest BCUT2D eigenvalue weighted by Gasteiger charge is -2.13. The maximum atomic E-state index is 12.5. The van der Waals surface area contributed by atoms with Gasteiger partial charge in [-0.1, -0.05) is 47.7 Å². The van der Waals surface area contributed by atoms with E-state index in [2.05, 4.69) is 50.6 Å². The van der Waals surface area contributed by atoms with Gasteiger partial charge in [0.2, 0.25) is 5.91 Å². The zero-order chi connectivity index (χ0) is 18.8. The van der Waals surface area contributed by atoms with E-state index in [9.17, 15) is 4.79 Å². The Morgan fingerprint density at radius 1 is 1.30 bits per heavy atom. The molecule has 0 bridgehead atoms. The van der Waals surface area contributed by atoms with Crippen LogP contribution in [0.25, 0.3) is 10.7 Å². The molecular formula is C20H22N4OS2. The van der Waals surface area contributed by atoms with E-state index in [1.165, 1.54) is 17.3 Å². The first-order valence-electron chi connectivity index (χ1n) is 9.10. The van der Waals surface area contributed by atoms with Gasteiger partial charge in [-0.2, -0.15) is 0 Å². The standard InChI is InChI=1S/C20H22N4OS2/c1-13-5-7-15(8-6-13)12-21-19(25)14(2)27-20-23-22-18(17-4-3-11-26-17)24(20)16-9-10-16/h3-8,11,14,16H,9-10,12H2,1-2H3,(H,21,25)/t14-/m0/s1. The number of thioether (sulfide) groups is 1. The van der Waals surface area contributed by atoms with Gasteiger partial charge in [-0.05, 0) is 43.7 Å². The first-order chi connectivity index (χ1) is 13.1. The minimum absolute atomic E-state index is 0.0172. The van der Waals surface area contributed by atoms with Crippen molar-refractivity contribution in [2.45, 2.75) is 49.7 Å². The summed E-state index contributed by atoms with van der Waals surface area (Å²) in [4.78, 5) is 13.7. The van der Waals surface area contributed by atoms with Gasteiger partial charge in [-0.3, -0.25) is 9.36 Å². The Morgan fingerprint density at radius 2 is 2.07 bits per heavy atom. The third-order valence-corrected chi connectivity index (χ3v) is 6.48. The number of carbonyl (C=O) groups excluding carboxylic acids is 1. The molecule has 1 fully saturated rings. The summed E-state index contributed by atoms with van der Waals surface area (Å²) in [5, 5.41) is 14.5. The molecule has 1 aliphatic carbocycles. The normalized spacial score (nSPS) is 14.9. The highest BCUT2D eigenvalue weighted by Gasteiger charge is 2.31. The molecule has 0 spiro atoms. The number of nitrogens with zero attached hydrogens (tertiary/aromatic N) is 3. The molecule has 3 aromatic rings. The van der Waals surface area contributed by atoms with E-state index >= 15 is 0 Å². The molecule has 5 nitrogen and oxygen atoms in total. The second-order valence-electron chi connectivity index (χ2n) is 6.85. The smallest absolute Gasteiger partial charge is 0.233 e. The van der Waals surface area contributed by atoms with Gasteiger partial charge in [-0.25, -0.2) is 0 Å². The van der Waals surface area contributed by atoms with Crippen molar-refractivity contribution in [2.24, 2.45) is 0 Å². The number of aromatic nitrogens is 3. The molecule has 1 amide bonds. The van der Waals surface area contributed by atoms with Crippen LogP contribution in [-0.4, -0.2) is 25.9 Å². The van der Waals surface area contributed by atoms with Crippen LogP contribution in [0.2, 0.25) is 0 Å². The number of thiophene rings is 1. The number of hydrogen-bond acceptors (Lipinski definition) is 5. The Bertz CT molecular complexity index is 914. The number of carbonyl (C=O) groups is 1. The van der Waals surface area contributed by atoms with Crippen molar-refractivity contribution >= 4 is 29.0 Å². The van der Waals surface area contributed by atoms with E-state index in [0.29, 0.717) is 12.6 Å². The number of rotatable bonds is 7. The van der Waals surface area contributed by atoms with Crippen LogP contribution >= 0.6 is 23.1 Å². The predicted octanol–water partition coefficient (Wildman–Crippen LogP) is 4.45. The van der Waals surface area contributed by atoms with E-state index < -0.39 is 0 Å². The van der Waals surface area contributed by atoms with Gasteiger partial charge in [0.15, 0.2) is 11.0 Å². The topological polar surface area (TPSA) is 59.8 Å². The van der Waals surface area contributed by atoms with Crippen LogP contribution in [-0.2, 0) is 11.3 Å². The third-order valence-electron chi connectivity index (χ3n) is 4.56. The molecule has 0 radical (unpaired) electrons. The molecule has 27 heavy (non-hydrogen) atoms. The number of nitrogens with one attached hydrogen (secondary N) is 1. The minimum Gasteiger partial charge on any atom is -0.351 e. The minimum atomic E-state index is -0.228. The maximum absolute atomic E-state index is 12.5. The Morgan fingerprint density at radius 3 is 2.74 bits per heavy atom. The molecule has 4 rings (SSSR count). The van der Waals surface area contributed by atoms with Gasteiger partial charge >= 0.3 is 0 Å². The van der Waals surface area contributed by atoms with Crippen LogP contribution < -0.4 is 5.32 Å². The molecule has 1 atom stereocenters. The van der Waals surface area contributed by atoms with E-state index in [0.717, 1.165) is 34.3 Å². The number of hydrogen-bond donors (Lipinski definition) is 1. The number of aryl methyl sites for hydroxylation is 1. The lowest BCUT2D eigenvalue weighted by molar-refractivity contribution is -0.120. The molecule has 1 aliphatic rings. The highest BCUT2D eigenvalue weighted by atomic mass is 32.2. The third kappa shape index (κ3) is 4.25. The fourth-order valence-corrected chi connectivity index (χ4v) is 4.49. The van der Waals surface area contributed by atoms with Crippen LogP contribution in [0.3, 0.4) is 0 Å². The SMILES string of the molecule is Cc1ccc(CNC(=O)[C@H](C)Sc2nnc(-c3cccs3)n2C2CC2)cc1. The lowest BCUT2D eigenvalue weighted by atomic mass is 10.1. The Balaban J connectivity index is 1.42. The molecular weight excluding hydrogens is 376 g/mol. The van der Waals surface area contributed by atoms with Crippen molar-refractivity contribution in [2.75, 3.05) is 0 Å². The van der Waals surface area contributed by atoms with E-state index in [4.69, 9.17) is 0 Å². The molecule has 0 saturated heterocycles. The van der Waals surface area contributed by atoms with Gasteiger partial charge in [0.1, 0.15) is 0 Å². The van der Waals surface area contributed by atoms with Gasteiger partial charge < -0.3 is 5.32 Å². The van der Waals surface area contributed by atoms with Crippen LogP contribution in [0.15, 0.2) is 46.9 Å². The first kappa shape index (κ1) is 18.3. The fraction of sp³-hybridized carbons (Fsp3) is 0.350. The zero-order valence-electron chi connectivity index (χ0n) is 15.4. The summed E-state index contributed by atoms with van der Waals surface area (Å²) in [6, 6.07) is 12.8. The summed E-state index contributed by atoms with van der Waals surface area (Å²) in [6.45, 7) is 4.52. The van der Waals surface area contributed by atoms with Crippen molar-refractivity contribution in [1.29, 1.82) is 0 Å². The highest BCUT2D eigenvalue weighted by Crippen LogP contribution is 2.42. The molecule has 0 aliphatic heterocycles. The van der Waals surface area contributed by atoms with Gasteiger partial charge in [-0.15, -0.1) is 21.5 Å². The lowest BCUT2D eigenvalue weighted by Crippen LogP contribution is -2.30. The number of benzene rings is 1. The van der Waals surface area contributed by atoms with Crippen LogP contribution in [0.5, 0.6) is 0 Å². The average molecular weight is 399 g/mol. The molecule has 0 unspecified atom stereocenters. The Kier molecular flexibility index (Phi) is 5.31. The molecule has 140 valence electrons. The van der Waals surface area contributed by atoms with Crippen LogP contribution in [0.4, 0.5) is 0 Å². The molecule has 1 saturated carbocycles.